The topological polar surface area (TPSA) is 52.0 Å². The van der Waals surface area contributed by atoms with Crippen molar-refractivity contribution in [3.05, 3.63) is 0 Å². The Labute approximate surface area is 54.7 Å². The minimum atomic E-state index is 0. The van der Waals surface area contributed by atoms with Gasteiger partial charge >= 0.3 is 0 Å². The Morgan fingerprint density at radius 3 is 1.40 bits per heavy atom. The van der Waals surface area contributed by atoms with Crippen LogP contribution in [0.4, 0.5) is 0 Å². The molecule has 0 unspecified atom stereocenters. The molecule has 4 heteroatoms. The summed E-state index contributed by atoms with van der Waals surface area (Å²) in [7, 11) is 0. The van der Waals surface area contributed by atoms with E-state index in [1.165, 1.54) is 0 Å². The first-order valence-electron chi connectivity index (χ1n) is 0.781. The fraction of sp³-hybridized carbons (Fsp3) is 0. The molecule has 5 heavy (non-hydrogen) atoms. The molecule has 0 atom stereocenters. The molecule has 0 bridgehead atoms. The number of nitrogens with two attached hydrogens (primary N) is 2. The van der Waals surface area contributed by atoms with Crippen LogP contribution >= 0.6 is 12.2 Å². The van der Waals surface area contributed by atoms with Crippen molar-refractivity contribution in [2.24, 2.45) is 11.5 Å². The number of thiocarbonyl (C=S) groups is 1. The van der Waals surface area contributed by atoms with Gasteiger partial charge in [0.1, 0.15) is 0 Å². The van der Waals surface area contributed by atoms with Gasteiger partial charge in [0.05, 0.1) is 0 Å². The molecule has 0 amide bonds. The molecule has 2 nitrogen and oxygen atoms in total. The summed E-state index contributed by atoms with van der Waals surface area (Å²) in [6, 6.07) is 0. The van der Waals surface area contributed by atoms with Gasteiger partial charge in [-0.2, -0.15) is 0 Å². The third-order valence-corrected chi connectivity index (χ3v) is 0. The molecular weight excluding hydrogens is 187 g/mol. The van der Waals surface area contributed by atoms with Gasteiger partial charge in [-0.25, -0.2) is 0 Å². The van der Waals surface area contributed by atoms with E-state index in [1.54, 1.807) is 0 Å². The van der Waals surface area contributed by atoms with Crippen LogP contribution in [0.15, 0.2) is 0 Å². The van der Waals surface area contributed by atoms with E-state index >= 15 is 0 Å². The SMILES string of the molecule is NC(N)=S.[In]. The van der Waals surface area contributed by atoms with Crippen molar-refractivity contribution in [1.29, 1.82) is 0 Å². The smallest absolute Gasteiger partial charge is 0.160 e. The predicted octanol–water partition coefficient (Wildman–Crippen LogP) is -1.19. The Kier molecular flexibility index (Phi) is 8.32. The Morgan fingerprint density at radius 1 is 1.40 bits per heavy atom. The van der Waals surface area contributed by atoms with Crippen LogP contribution in [0.3, 0.4) is 0 Å². The third kappa shape index (κ3) is 95.3. The summed E-state index contributed by atoms with van der Waals surface area (Å²) in [5.41, 5.74) is 9.24. The number of hydrogen-bond acceptors (Lipinski definition) is 1. The molecule has 0 heterocycles. The Hall–Kier alpha value is 0.560. The van der Waals surface area contributed by atoms with Crippen LogP contribution in [0.5, 0.6) is 0 Å². The zero-order valence-electron chi connectivity index (χ0n) is 2.64. The molecule has 0 fully saturated rings. The van der Waals surface area contributed by atoms with Gasteiger partial charge in [0.15, 0.2) is 5.11 Å². The number of rotatable bonds is 0. The Balaban J connectivity index is 0. The maximum absolute atomic E-state index is 4.62. The van der Waals surface area contributed by atoms with Crippen molar-refractivity contribution in [2.45, 2.75) is 0 Å². The zero-order valence-corrected chi connectivity index (χ0v) is 6.75. The molecule has 0 rings (SSSR count). The summed E-state index contributed by atoms with van der Waals surface area (Å²) >= 11 is 4.09. The van der Waals surface area contributed by atoms with E-state index in [0.29, 0.717) is 0 Å². The quantitative estimate of drug-likeness (QED) is 0.473. The molecule has 0 aromatic rings. The minimum Gasteiger partial charge on any atom is -0.377 e. The van der Waals surface area contributed by atoms with Gasteiger partial charge in [-0.05, 0) is 12.2 Å². The molecule has 0 saturated heterocycles. The van der Waals surface area contributed by atoms with E-state index in [4.69, 9.17) is 0 Å². The molecule has 0 aromatic carbocycles. The van der Waals surface area contributed by atoms with Gasteiger partial charge in [-0.15, -0.1) is 0 Å². The van der Waals surface area contributed by atoms with Crippen LogP contribution in [0.2, 0.25) is 0 Å². The predicted molar refractivity (Wildman–Crippen MR) is 26.7 cm³/mol. The molecule has 0 aliphatic rings. The molecule has 3 radical (unpaired) electrons. The summed E-state index contributed by atoms with van der Waals surface area (Å²) in [5.74, 6) is 0. The van der Waals surface area contributed by atoms with Crippen LogP contribution in [0, 0.1) is 0 Å². The van der Waals surface area contributed by atoms with Crippen molar-refractivity contribution in [3.63, 3.8) is 0 Å². The van der Waals surface area contributed by atoms with Gasteiger partial charge in [0.2, 0.25) is 0 Å². The van der Waals surface area contributed by atoms with Crippen molar-refractivity contribution in [3.8, 4) is 0 Å². The van der Waals surface area contributed by atoms with E-state index in [1.807, 2.05) is 0 Å². The summed E-state index contributed by atoms with van der Waals surface area (Å²) in [5, 5.41) is 0.000000000000000222. The van der Waals surface area contributed by atoms with Gasteiger partial charge < -0.3 is 11.5 Å². The summed E-state index contributed by atoms with van der Waals surface area (Å²) in [6.07, 6.45) is 0. The largest absolute Gasteiger partial charge is 0.377 e. The molecule has 0 saturated carbocycles. The van der Waals surface area contributed by atoms with Gasteiger partial charge in [-0.3, -0.25) is 0 Å². The van der Waals surface area contributed by atoms with E-state index in [2.05, 4.69) is 23.7 Å². The van der Waals surface area contributed by atoms with Gasteiger partial charge in [0.25, 0.3) is 0 Å². The van der Waals surface area contributed by atoms with Crippen LogP contribution in [0.1, 0.15) is 0 Å². The van der Waals surface area contributed by atoms with Crippen molar-refractivity contribution in [2.75, 3.05) is 0 Å². The normalized spacial score (nSPS) is 4.80. The summed E-state index contributed by atoms with van der Waals surface area (Å²) < 4.78 is 0. The average Bonchev–Trinajstić information content (AvgIpc) is 0.811. The van der Waals surface area contributed by atoms with E-state index in [9.17, 15) is 0 Å². The molecule has 27 valence electrons. The summed E-state index contributed by atoms with van der Waals surface area (Å²) in [6.45, 7) is 0. The fourth-order valence-electron chi connectivity index (χ4n) is 0. The van der Waals surface area contributed by atoms with Gasteiger partial charge in [-0.1, -0.05) is 0 Å². The third-order valence-electron chi connectivity index (χ3n) is 0. The molecule has 0 aliphatic heterocycles. The number of hydrogen-bond donors (Lipinski definition) is 2. The van der Waals surface area contributed by atoms with Crippen LogP contribution in [0.25, 0.3) is 0 Å². The molecule has 4 N–H and O–H groups in total. The molecule has 0 aromatic heterocycles. The first-order valence-corrected chi connectivity index (χ1v) is 1.19. The van der Waals surface area contributed by atoms with Crippen LogP contribution in [-0.4, -0.2) is 31.0 Å². The van der Waals surface area contributed by atoms with Crippen molar-refractivity contribution < 1.29 is 0 Å². The average molecular weight is 191 g/mol. The van der Waals surface area contributed by atoms with Crippen LogP contribution < -0.4 is 11.5 Å². The second kappa shape index (κ2) is 4.56. The van der Waals surface area contributed by atoms with Gasteiger partial charge in [0, 0.05) is 25.8 Å². The Bertz CT molecular complexity index is 32.6. The second-order valence-corrected chi connectivity index (χ2v) is 0.874. The molecular formula is CH4InN2S. The second-order valence-electron chi connectivity index (χ2n) is 0.402. The minimum absolute atomic E-state index is 0. The van der Waals surface area contributed by atoms with E-state index in [0.717, 1.165) is 0 Å². The standard InChI is InChI=1S/CH4N2S.In/c2-1(3)4;/h(H4,2,3,4);. The maximum atomic E-state index is 4.62. The fourth-order valence-corrected chi connectivity index (χ4v) is 0. The van der Waals surface area contributed by atoms with Crippen molar-refractivity contribution in [1.82, 2.24) is 0 Å². The summed E-state index contributed by atoms with van der Waals surface area (Å²) in [4.78, 5) is 0. The zero-order chi connectivity index (χ0) is 3.58. The maximum Gasteiger partial charge on any atom is 0.160 e. The van der Waals surface area contributed by atoms with Crippen LogP contribution in [-0.2, 0) is 0 Å². The first-order chi connectivity index (χ1) is 1.73. The van der Waals surface area contributed by atoms with Crippen molar-refractivity contribution >= 4 is 43.2 Å². The molecule has 0 aliphatic carbocycles. The monoisotopic (exact) mass is 191 g/mol. The molecule has 0 spiro atoms. The Morgan fingerprint density at radius 2 is 1.40 bits per heavy atom. The van der Waals surface area contributed by atoms with E-state index < -0.39 is 0 Å². The van der Waals surface area contributed by atoms with E-state index in [-0.39, 0.29) is 31.0 Å². The first kappa shape index (κ1) is 9.12.